The van der Waals surface area contributed by atoms with Gasteiger partial charge < -0.3 is 9.84 Å². The van der Waals surface area contributed by atoms with Crippen molar-refractivity contribution in [2.75, 3.05) is 18.1 Å². The van der Waals surface area contributed by atoms with Crippen molar-refractivity contribution in [1.82, 2.24) is 0 Å². The zero-order chi connectivity index (χ0) is 10.1. The average Bonchev–Trinajstić information content (AvgIpc) is 2.03. The minimum absolute atomic E-state index is 0.146. The molecule has 0 fully saturated rings. The molecule has 0 saturated heterocycles. The first-order valence-electron chi connectivity index (χ1n) is 4.12. The summed E-state index contributed by atoms with van der Waals surface area (Å²) in [4.78, 5) is 20.9. The Kier molecular flexibility index (Phi) is 7.48. The minimum atomic E-state index is -0.802. The molecule has 0 heterocycles. The van der Waals surface area contributed by atoms with Crippen LogP contribution in [0.3, 0.4) is 0 Å². The normalized spacial score (nSPS) is 9.62. The fraction of sp³-hybridized carbons (Fsp3) is 0.750. The summed E-state index contributed by atoms with van der Waals surface area (Å²) in [6.45, 7) is 2.16. The topological polar surface area (TPSA) is 63.6 Å². The molecule has 13 heavy (non-hydrogen) atoms. The van der Waals surface area contributed by atoms with Crippen molar-refractivity contribution in [3.63, 3.8) is 0 Å². The summed E-state index contributed by atoms with van der Waals surface area (Å²) in [5.41, 5.74) is 0. The Balaban J connectivity index is 3.16. The molecule has 0 aromatic rings. The lowest BCUT2D eigenvalue weighted by molar-refractivity contribution is -0.142. The van der Waals surface area contributed by atoms with Gasteiger partial charge in [-0.25, -0.2) is 0 Å². The predicted octanol–water partition coefficient (Wildman–Crippen LogP) is 1.15. The third-order valence-corrected chi connectivity index (χ3v) is 2.20. The van der Waals surface area contributed by atoms with Crippen molar-refractivity contribution in [2.45, 2.75) is 19.8 Å². The molecule has 0 unspecified atom stereocenters. The number of hydrogen-bond acceptors (Lipinski definition) is 4. The van der Waals surface area contributed by atoms with E-state index >= 15 is 0 Å². The zero-order valence-corrected chi connectivity index (χ0v) is 8.43. The number of thioether (sulfide) groups is 1. The van der Waals surface area contributed by atoms with E-state index in [0.29, 0.717) is 24.5 Å². The summed E-state index contributed by atoms with van der Waals surface area (Å²) in [7, 11) is 0. The number of esters is 1. The van der Waals surface area contributed by atoms with Crippen molar-refractivity contribution >= 4 is 23.7 Å². The minimum Gasteiger partial charge on any atom is -0.481 e. The van der Waals surface area contributed by atoms with Gasteiger partial charge in [-0.2, -0.15) is 11.8 Å². The largest absolute Gasteiger partial charge is 0.481 e. The third kappa shape index (κ3) is 9.20. The maximum absolute atomic E-state index is 10.8. The van der Waals surface area contributed by atoms with Crippen LogP contribution >= 0.6 is 11.8 Å². The number of ether oxygens (including phenoxy) is 1. The van der Waals surface area contributed by atoms with Gasteiger partial charge in [-0.15, -0.1) is 0 Å². The van der Waals surface area contributed by atoms with Crippen LogP contribution in [0, 0.1) is 0 Å². The number of carboxylic acid groups (broad SMARTS) is 1. The molecule has 0 aromatic heterocycles. The Morgan fingerprint density at radius 2 is 1.92 bits per heavy atom. The number of hydrogen-bond donors (Lipinski definition) is 1. The van der Waals surface area contributed by atoms with Gasteiger partial charge in [-0.05, 0) is 6.92 Å². The highest BCUT2D eigenvalue weighted by Gasteiger charge is 2.01. The van der Waals surface area contributed by atoms with Crippen LogP contribution in [-0.4, -0.2) is 35.2 Å². The molecular weight excluding hydrogens is 192 g/mol. The second-order valence-electron chi connectivity index (χ2n) is 2.31. The van der Waals surface area contributed by atoms with Crippen molar-refractivity contribution in [3.8, 4) is 0 Å². The third-order valence-electron chi connectivity index (χ3n) is 1.22. The maximum atomic E-state index is 10.8. The molecule has 0 radical (unpaired) electrons. The van der Waals surface area contributed by atoms with E-state index in [1.165, 1.54) is 11.8 Å². The van der Waals surface area contributed by atoms with Gasteiger partial charge in [0.15, 0.2) is 0 Å². The van der Waals surface area contributed by atoms with Crippen LogP contribution in [0.25, 0.3) is 0 Å². The van der Waals surface area contributed by atoms with E-state index < -0.39 is 5.97 Å². The van der Waals surface area contributed by atoms with Gasteiger partial charge in [0, 0.05) is 11.5 Å². The first-order chi connectivity index (χ1) is 6.16. The molecule has 0 aliphatic carbocycles. The smallest absolute Gasteiger partial charge is 0.306 e. The van der Waals surface area contributed by atoms with Crippen LogP contribution in [0.2, 0.25) is 0 Å². The highest BCUT2D eigenvalue weighted by atomic mass is 32.2. The average molecular weight is 206 g/mol. The van der Waals surface area contributed by atoms with E-state index in [1.54, 1.807) is 6.92 Å². The Morgan fingerprint density at radius 1 is 1.31 bits per heavy atom. The summed E-state index contributed by atoms with van der Waals surface area (Å²) < 4.78 is 4.70. The molecule has 76 valence electrons. The van der Waals surface area contributed by atoms with Crippen LogP contribution in [0.4, 0.5) is 0 Å². The summed E-state index contributed by atoms with van der Waals surface area (Å²) in [5, 5.41) is 8.30. The number of aliphatic carboxylic acids is 1. The second-order valence-corrected chi connectivity index (χ2v) is 3.54. The lowest BCUT2D eigenvalue weighted by Crippen LogP contribution is -2.05. The molecule has 0 bridgehead atoms. The molecule has 0 aromatic carbocycles. The zero-order valence-electron chi connectivity index (χ0n) is 7.62. The molecule has 1 N–H and O–H groups in total. The molecule has 0 rings (SSSR count). The van der Waals surface area contributed by atoms with Gasteiger partial charge in [-0.1, -0.05) is 0 Å². The lowest BCUT2D eigenvalue weighted by Gasteiger charge is -2.00. The van der Waals surface area contributed by atoms with Gasteiger partial charge >= 0.3 is 11.9 Å². The summed E-state index contributed by atoms with van der Waals surface area (Å²) in [6.07, 6.45) is 0.506. The Morgan fingerprint density at radius 3 is 2.46 bits per heavy atom. The molecule has 0 aliphatic rings. The lowest BCUT2D eigenvalue weighted by atomic mass is 10.5. The fourth-order valence-corrected chi connectivity index (χ4v) is 1.48. The van der Waals surface area contributed by atoms with Crippen molar-refractivity contribution in [3.05, 3.63) is 0 Å². The second kappa shape index (κ2) is 7.91. The van der Waals surface area contributed by atoms with Gasteiger partial charge in [0.25, 0.3) is 0 Å². The molecule has 0 aliphatic heterocycles. The molecule has 0 saturated carbocycles. The predicted molar refractivity (Wildman–Crippen MR) is 50.8 cm³/mol. The highest BCUT2D eigenvalue weighted by molar-refractivity contribution is 7.99. The quantitative estimate of drug-likeness (QED) is 0.500. The molecule has 0 atom stereocenters. The Labute approximate surface area is 81.6 Å². The van der Waals surface area contributed by atoms with Crippen LogP contribution in [0.15, 0.2) is 0 Å². The van der Waals surface area contributed by atoms with E-state index in [2.05, 4.69) is 0 Å². The maximum Gasteiger partial charge on any atom is 0.306 e. The van der Waals surface area contributed by atoms with Crippen LogP contribution in [0.5, 0.6) is 0 Å². The molecule has 5 heteroatoms. The van der Waals surface area contributed by atoms with Gasteiger partial charge in [0.05, 0.1) is 19.4 Å². The molecular formula is C8H14O4S. The molecule has 0 amide bonds. The van der Waals surface area contributed by atoms with Crippen LogP contribution < -0.4 is 0 Å². The van der Waals surface area contributed by atoms with E-state index in [1.807, 2.05) is 0 Å². The van der Waals surface area contributed by atoms with Crippen molar-refractivity contribution in [2.24, 2.45) is 0 Å². The Hall–Kier alpha value is -0.710. The van der Waals surface area contributed by atoms with E-state index in [-0.39, 0.29) is 12.4 Å². The van der Waals surface area contributed by atoms with Crippen molar-refractivity contribution < 1.29 is 19.4 Å². The monoisotopic (exact) mass is 206 g/mol. The van der Waals surface area contributed by atoms with E-state index in [9.17, 15) is 9.59 Å². The van der Waals surface area contributed by atoms with E-state index in [4.69, 9.17) is 9.84 Å². The Bertz CT molecular complexity index is 170. The highest BCUT2D eigenvalue weighted by Crippen LogP contribution is 2.05. The summed E-state index contributed by atoms with van der Waals surface area (Å²) in [5.74, 6) is 0.162. The first-order valence-corrected chi connectivity index (χ1v) is 5.27. The number of carbonyl (C=O) groups is 2. The summed E-state index contributed by atoms with van der Waals surface area (Å²) >= 11 is 1.45. The first kappa shape index (κ1) is 12.3. The number of carbonyl (C=O) groups excluding carboxylic acids is 1. The number of rotatable bonds is 7. The van der Waals surface area contributed by atoms with Gasteiger partial charge in [-0.3, -0.25) is 9.59 Å². The van der Waals surface area contributed by atoms with E-state index in [0.717, 1.165) is 0 Å². The standard InChI is InChI=1S/C8H14O4S/c1-2-12-8(11)4-6-13-5-3-7(9)10/h2-6H2,1H3,(H,9,10). The SMILES string of the molecule is CCOC(=O)CCSCCC(=O)O. The summed E-state index contributed by atoms with van der Waals surface area (Å²) in [6, 6.07) is 0. The molecule has 4 nitrogen and oxygen atoms in total. The number of carboxylic acids is 1. The van der Waals surface area contributed by atoms with Crippen LogP contribution in [-0.2, 0) is 14.3 Å². The molecule has 0 spiro atoms. The van der Waals surface area contributed by atoms with Gasteiger partial charge in [0.2, 0.25) is 0 Å². The van der Waals surface area contributed by atoms with Gasteiger partial charge in [0.1, 0.15) is 0 Å². The van der Waals surface area contributed by atoms with Crippen molar-refractivity contribution in [1.29, 1.82) is 0 Å². The fourth-order valence-electron chi connectivity index (χ4n) is 0.650. The van der Waals surface area contributed by atoms with Crippen LogP contribution in [0.1, 0.15) is 19.8 Å².